The highest BCUT2D eigenvalue weighted by Gasteiger charge is 2.42. The second-order valence-corrected chi connectivity index (χ2v) is 26.8. The Morgan fingerprint density at radius 2 is 1.16 bits per heavy atom. The number of aromatic nitrogens is 4. The van der Waals surface area contributed by atoms with Crippen molar-refractivity contribution >= 4 is 85.3 Å². The van der Waals surface area contributed by atoms with E-state index >= 15 is 0 Å². The first-order chi connectivity index (χ1) is 26.0. The SMILES string of the molecule is COc1c(O[Si](C)(C)C(C)(C)C)cc(F)c(F)c1C(O)c1cnc(Cl)nc1Cl.COc1c(O[Si](C)(C)C(C)(C)C)cc(F)c(F)c1C=O.Clc1ncc(Br)c(Cl)n1. The minimum Gasteiger partial charge on any atom is -0.541 e. The number of nitrogens with zero attached hydrogens (tertiary/aromatic N) is 4. The monoisotopic (exact) mass is 978 g/mol. The lowest BCUT2D eigenvalue weighted by Crippen LogP contribution is -2.44. The van der Waals surface area contributed by atoms with Gasteiger partial charge in [0, 0.05) is 30.1 Å². The van der Waals surface area contributed by atoms with E-state index in [1.165, 1.54) is 20.4 Å². The lowest BCUT2D eigenvalue weighted by molar-refractivity contribution is 0.111. The summed E-state index contributed by atoms with van der Waals surface area (Å²) < 4.78 is 79.2. The summed E-state index contributed by atoms with van der Waals surface area (Å²) in [4.78, 5) is 25.7. The van der Waals surface area contributed by atoms with E-state index in [9.17, 15) is 27.5 Å². The number of carbonyl (C=O) groups is 1. The summed E-state index contributed by atoms with van der Waals surface area (Å²) in [7, 11) is -2.09. The number of rotatable bonds is 9. The van der Waals surface area contributed by atoms with Gasteiger partial charge in [-0.1, -0.05) is 64.7 Å². The summed E-state index contributed by atoms with van der Waals surface area (Å²) in [6, 6.07) is 1.85. The van der Waals surface area contributed by atoms with Crippen molar-refractivity contribution in [3.05, 3.63) is 89.8 Å². The smallest absolute Gasteiger partial charge is 0.250 e. The molecule has 0 aliphatic carbocycles. The zero-order chi connectivity index (χ0) is 44.0. The van der Waals surface area contributed by atoms with Crippen LogP contribution in [-0.2, 0) is 0 Å². The molecule has 2 aromatic carbocycles. The van der Waals surface area contributed by atoms with Gasteiger partial charge < -0.3 is 23.4 Å². The fourth-order valence-electron chi connectivity index (χ4n) is 4.00. The normalized spacial score (nSPS) is 12.4. The zero-order valence-electron chi connectivity index (χ0n) is 33.1. The van der Waals surface area contributed by atoms with Gasteiger partial charge in [0.25, 0.3) is 16.6 Å². The van der Waals surface area contributed by atoms with Gasteiger partial charge in [-0.15, -0.1) is 0 Å². The minimum atomic E-state index is -2.41. The fourth-order valence-corrected chi connectivity index (χ4v) is 6.92. The van der Waals surface area contributed by atoms with E-state index in [0.29, 0.717) is 9.63 Å². The van der Waals surface area contributed by atoms with Gasteiger partial charge in [-0.2, -0.15) is 0 Å². The number of hydrogen-bond acceptors (Lipinski definition) is 10. The van der Waals surface area contributed by atoms with Crippen LogP contribution in [0.25, 0.3) is 0 Å². The quantitative estimate of drug-likeness (QED) is 0.0569. The molecule has 0 saturated carbocycles. The Balaban J connectivity index is 0.000000334. The number of methoxy groups -OCH3 is 2. The van der Waals surface area contributed by atoms with Crippen LogP contribution >= 0.6 is 62.3 Å². The lowest BCUT2D eigenvalue weighted by atomic mass is 10.0. The molecular weight excluding hydrogens is 938 g/mol. The van der Waals surface area contributed by atoms with Crippen LogP contribution in [0.2, 0.25) is 57.1 Å². The molecule has 0 spiro atoms. The summed E-state index contributed by atoms with van der Waals surface area (Å²) in [5.74, 6) is -4.92. The van der Waals surface area contributed by atoms with E-state index in [1.54, 1.807) is 0 Å². The molecule has 0 saturated heterocycles. The predicted molar refractivity (Wildman–Crippen MR) is 223 cm³/mol. The molecule has 0 bridgehead atoms. The molecule has 0 amide bonds. The van der Waals surface area contributed by atoms with E-state index in [4.69, 9.17) is 64.7 Å². The van der Waals surface area contributed by atoms with E-state index in [0.717, 1.165) is 18.3 Å². The first-order valence-electron chi connectivity index (χ1n) is 16.7. The van der Waals surface area contributed by atoms with E-state index < -0.39 is 57.1 Å². The van der Waals surface area contributed by atoms with Gasteiger partial charge >= 0.3 is 0 Å². The third-order valence-corrected chi connectivity index (χ3v) is 19.6. The van der Waals surface area contributed by atoms with Gasteiger partial charge in [0.15, 0.2) is 46.8 Å². The molecule has 21 heteroatoms. The van der Waals surface area contributed by atoms with Crippen molar-refractivity contribution in [3.8, 4) is 23.0 Å². The van der Waals surface area contributed by atoms with Gasteiger partial charge in [0.1, 0.15) is 22.2 Å². The Bertz CT molecular complexity index is 2080. The standard InChI is InChI=1S/C18H22Cl2F2N2O3Si.C14H20F2O3Si.C4HBrCl2N2/c1-18(2,3)28(5,6)27-11-7-10(21)13(22)12(15(11)26-4)14(25)9-8-23-17(20)24-16(9)19;1-14(2,3)20(5,6)19-11-7-10(15)12(16)9(8-17)13(11)18-4;5-2-1-8-4(7)9-3(2)6/h7-8,14,25H,1-6H3;7-8H,1-6H3;1H. The molecule has 57 heavy (non-hydrogen) atoms. The second kappa shape index (κ2) is 20.0. The summed E-state index contributed by atoms with van der Waals surface area (Å²) in [5, 5.41) is 10.6. The molecule has 0 aliphatic heterocycles. The maximum atomic E-state index is 14.7. The summed E-state index contributed by atoms with van der Waals surface area (Å²) in [5.41, 5.74) is -0.961. The van der Waals surface area contributed by atoms with Crippen LogP contribution in [0.3, 0.4) is 0 Å². The molecule has 1 unspecified atom stereocenters. The third kappa shape index (κ3) is 12.6. The molecule has 0 fully saturated rings. The summed E-state index contributed by atoms with van der Waals surface area (Å²) in [6.45, 7) is 19.9. The number of hydrogen-bond donors (Lipinski definition) is 1. The molecule has 0 radical (unpaired) electrons. The van der Waals surface area contributed by atoms with Crippen LogP contribution in [0.5, 0.6) is 23.0 Å². The van der Waals surface area contributed by atoms with E-state index in [2.05, 4.69) is 35.9 Å². The Morgan fingerprint density at radius 3 is 1.54 bits per heavy atom. The molecule has 1 N–H and O–H groups in total. The average molecular weight is 982 g/mol. The van der Waals surface area contributed by atoms with Crippen molar-refractivity contribution in [2.45, 2.75) is 83.9 Å². The van der Waals surface area contributed by atoms with Gasteiger partial charge in [0.05, 0.1) is 29.8 Å². The zero-order valence-corrected chi connectivity index (χ0v) is 39.8. The van der Waals surface area contributed by atoms with Gasteiger partial charge in [-0.25, -0.2) is 37.5 Å². The average Bonchev–Trinajstić information content (AvgIpc) is 3.08. The predicted octanol–water partition coefficient (Wildman–Crippen LogP) is 12.3. The Morgan fingerprint density at radius 1 is 0.737 bits per heavy atom. The largest absolute Gasteiger partial charge is 0.541 e. The van der Waals surface area contributed by atoms with Crippen molar-refractivity contribution in [1.82, 2.24) is 19.9 Å². The highest BCUT2D eigenvalue weighted by molar-refractivity contribution is 9.10. The number of halogens is 9. The van der Waals surface area contributed by atoms with Gasteiger partial charge in [0.2, 0.25) is 10.6 Å². The molecule has 314 valence electrons. The number of aldehydes is 1. The van der Waals surface area contributed by atoms with Crippen molar-refractivity contribution in [3.63, 3.8) is 0 Å². The molecular formula is C36H43BrCl4F4N4O6Si2. The van der Waals surface area contributed by atoms with Gasteiger partial charge in [-0.3, -0.25) is 4.79 Å². The van der Waals surface area contributed by atoms with Crippen LogP contribution in [0.4, 0.5) is 17.6 Å². The van der Waals surface area contributed by atoms with Crippen LogP contribution in [0.1, 0.15) is 69.1 Å². The molecule has 4 aromatic rings. The summed E-state index contributed by atoms with van der Waals surface area (Å²) >= 11 is 25.7. The van der Waals surface area contributed by atoms with Gasteiger partial charge in [-0.05, 0) is 75.4 Å². The number of aliphatic hydroxyl groups is 1. The van der Waals surface area contributed by atoms with Crippen molar-refractivity contribution in [2.24, 2.45) is 0 Å². The number of benzene rings is 2. The maximum absolute atomic E-state index is 14.7. The third-order valence-electron chi connectivity index (χ3n) is 9.19. The Kier molecular flexibility index (Phi) is 17.7. The van der Waals surface area contributed by atoms with E-state index in [-0.39, 0.29) is 60.6 Å². The lowest BCUT2D eigenvalue weighted by Gasteiger charge is -2.37. The fraction of sp³-hybridized carbons (Fsp3) is 0.417. The Hall–Kier alpha value is -2.78. The molecule has 0 aliphatic rings. The van der Waals surface area contributed by atoms with Crippen molar-refractivity contribution in [2.75, 3.05) is 14.2 Å². The highest BCUT2D eigenvalue weighted by atomic mass is 79.9. The van der Waals surface area contributed by atoms with Crippen molar-refractivity contribution in [1.29, 1.82) is 0 Å². The molecule has 2 aromatic heterocycles. The first kappa shape index (κ1) is 50.4. The van der Waals surface area contributed by atoms with Crippen LogP contribution in [0, 0.1) is 23.3 Å². The second-order valence-electron chi connectivity index (χ2n) is 15.1. The van der Waals surface area contributed by atoms with Crippen molar-refractivity contribution < 1.29 is 45.8 Å². The maximum Gasteiger partial charge on any atom is 0.250 e. The minimum absolute atomic E-state index is 0.00745. The molecule has 10 nitrogen and oxygen atoms in total. The van der Waals surface area contributed by atoms with Crippen LogP contribution in [0.15, 0.2) is 29.0 Å². The molecule has 2 heterocycles. The van der Waals surface area contributed by atoms with E-state index in [1.807, 2.05) is 67.7 Å². The van der Waals surface area contributed by atoms with Crippen LogP contribution < -0.4 is 18.3 Å². The van der Waals surface area contributed by atoms with Crippen LogP contribution in [-0.4, -0.2) is 62.2 Å². The number of carbonyl (C=O) groups excluding carboxylic acids is 1. The molecule has 4 rings (SSSR count). The molecule has 1 atom stereocenters. The highest BCUT2D eigenvalue weighted by Crippen LogP contribution is 2.46. The Labute approximate surface area is 359 Å². The topological polar surface area (TPSA) is 126 Å². The number of ether oxygens (including phenoxy) is 2. The summed E-state index contributed by atoms with van der Waals surface area (Å²) in [6.07, 6.45) is 1.17. The first-order valence-corrected chi connectivity index (χ1v) is 24.8. The number of aliphatic hydroxyl groups excluding tert-OH is 1.